The van der Waals surface area contributed by atoms with Crippen LogP contribution in [0.2, 0.25) is 0 Å². The lowest BCUT2D eigenvalue weighted by atomic mass is 9.98. The van der Waals surface area contributed by atoms with Crippen molar-refractivity contribution in [3.63, 3.8) is 0 Å². The highest BCUT2D eigenvalue weighted by atomic mass is 16.5. The molecular weight excluding hydrogens is 426 g/mol. The molecule has 0 spiro atoms. The molecule has 4 aromatic rings. The molecule has 0 saturated heterocycles. The van der Waals surface area contributed by atoms with Crippen LogP contribution >= 0.6 is 0 Å². The second-order valence-electron chi connectivity index (χ2n) is 8.08. The van der Waals surface area contributed by atoms with Gasteiger partial charge in [0.05, 0.1) is 20.3 Å². The third-order valence-electron chi connectivity index (χ3n) is 5.64. The lowest BCUT2D eigenvalue weighted by molar-refractivity contribution is -0.132. The molecule has 0 aliphatic rings. The van der Waals surface area contributed by atoms with Crippen LogP contribution in [-0.4, -0.2) is 28.9 Å². The highest BCUT2D eigenvalue weighted by molar-refractivity contribution is 5.80. The highest BCUT2D eigenvalue weighted by Crippen LogP contribution is 2.24. The maximum absolute atomic E-state index is 12.6. The van der Waals surface area contributed by atoms with Crippen LogP contribution in [0.4, 0.5) is 0 Å². The average Bonchev–Trinajstić information content (AvgIpc) is 3.39. The number of hydrogen-bond acceptors (Lipinski definition) is 4. The van der Waals surface area contributed by atoms with Crippen molar-refractivity contribution < 1.29 is 14.3 Å². The zero-order chi connectivity index (χ0) is 23.8. The monoisotopic (exact) mass is 455 g/mol. The molecule has 3 aromatic carbocycles. The Kier molecular flexibility index (Phi) is 7.73. The molecule has 0 fully saturated rings. The molecular formula is C28H29N3O3. The molecule has 0 bridgehead atoms. The fraction of sp³-hybridized carbons (Fsp3) is 0.214. The van der Waals surface area contributed by atoms with Gasteiger partial charge in [0, 0.05) is 18.9 Å². The van der Waals surface area contributed by atoms with Crippen LogP contribution < -0.4 is 10.1 Å². The first-order chi connectivity index (χ1) is 16.6. The zero-order valence-electron chi connectivity index (χ0n) is 19.5. The van der Waals surface area contributed by atoms with Crippen molar-refractivity contribution in [3.8, 4) is 16.9 Å². The molecule has 4 rings (SSSR count). The zero-order valence-corrected chi connectivity index (χ0v) is 19.5. The third-order valence-corrected chi connectivity index (χ3v) is 5.64. The van der Waals surface area contributed by atoms with Gasteiger partial charge in [-0.05, 0) is 52.9 Å². The van der Waals surface area contributed by atoms with Crippen molar-refractivity contribution in [1.82, 2.24) is 15.1 Å². The van der Waals surface area contributed by atoms with E-state index >= 15 is 0 Å². The quantitative estimate of drug-likeness (QED) is 0.372. The van der Waals surface area contributed by atoms with Gasteiger partial charge in [0.1, 0.15) is 11.9 Å². The number of carbonyl (C=O) groups is 1. The van der Waals surface area contributed by atoms with Crippen molar-refractivity contribution in [2.45, 2.75) is 32.7 Å². The summed E-state index contributed by atoms with van der Waals surface area (Å²) in [5, 5.41) is 7.27. The number of nitrogens with one attached hydrogen (secondary N) is 1. The van der Waals surface area contributed by atoms with Crippen molar-refractivity contribution in [2.75, 3.05) is 7.11 Å². The molecule has 1 N–H and O–H groups in total. The standard InChI is InChI=1S/C28H29N3O3/c1-21(34-20-23-7-5-9-26(17-23)33-2)28(32)29-18-25-8-3-4-10-27(25)24-13-11-22(12-14-24)19-31-16-6-15-30-31/h3-17,21H,18-20H2,1-2H3,(H,29,32). The predicted molar refractivity (Wildman–Crippen MR) is 132 cm³/mol. The van der Waals surface area contributed by atoms with E-state index in [9.17, 15) is 4.79 Å². The lowest BCUT2D eigenvalue weighted by Crippen LogP contribution is -2.34. The molecule has 6 heteroatoms. The van der Waals surface area contributed by atoms with E-state index in [4.69, 9.17) is 9.47 Å². The first kappa shape index (κ1) is 23.3. The molecule has 1 aromatic heterocycles. The number of methoxy groups -OCH3 is 1. The summed E-state index contributed by atoms with van der Waals surface area (Å²) in [5.74, 6) is 0.622. The van der Waals surface area contributed by atoms with Gasteiger partial charge >= 0.3 is 0 Å². The van der Waals surface area contributed by atoms with Gasteiger partial charge in [0.25, 0.3) is 0 Å². The van der Waals surface area contributed by atoms with E-state index in [1.807, 2.05) is 59.4 Å². The molecule has 0 radical (unpaired) electrons. The van der Waals surface area contributed by atoms with Crippen LogP contribution in [0.3, 0.4) is 0 Å². The summed E-state index contributed by atoms with van der Waals surface area (Å²) in [6.07, 6.45) is 3.16. The minimum atomic E-state index is -0.569. The number of aromatic nitrogens is 2. The topological polar surface area (TPSA) is 65.4 Å². The number of rotatable bonds is 10. The van der Waals surface area contributed by atoms with Crippen molar-refractivity contribution >= 4 is 5.91 Å². The van der Waals surface area contributed by atoms with E-state index < -0.39 is 6.10 Å². The van der Waals surface area contributed by atoms with Crippen LogP contribution in [0, 0.1) is 0 Å². The predicted octanol–water partition coefficient (Wildman–Crippen LogP) is 4.83. The minimum absolute atomic E-state index is 0.146. The first-order valence-electron chi connectivity index (χ1n) is 11.3. The van der Waals surface area contributed by atoms with Gasteiger partial charge in [-0.15, -0.1) is 0 Å². The molecule has 0 aliphatic carbocycles. The number of carbonyl (C=O) groups excluding carboxylic acids is 1. The summed E-state index contributed by atoms with van der Waals surface area (Å²) in [7, 11) is 1.63. The average molecular weight is 456 g/mol. The van der Waals surface area contributed by atoms with Gasteiger partial charge in [-0.3, -0.25) is 9.48 Å². The van der Waals surface area contributed by atoms with Gasteiger partial charge in [0.15, 0.2) is 0 Å². The van der Waals surface area contributed by atoms with E-state index in [1.165, 1.54) is 5.56 Å². The number of nitrogens with zero attached hydrogens (tertiary/aromatic N) is 2. The number of benzene rings is 3. The Morgan fingerprint density at radius 2 is 1.82 bits per heavy atom. The SMILES string of the molecule is COc1cccc(COC(C)C(=O)NCc2ccccc2-c2ccc(Cn3cccn3)cc2)c1. The van der Waals surface area contributed by atoms with Gasteiger partial charge in [0.2, 0.25) is 5.91 Å². The van der Waals surface area contributed by atoms with E-state index in [-0.39, 0.29) is 5.91 Å². The lowest BCUT2D eigenvalue weighted by Gasteiger charge is -2.15. The summed E-state index contributed by atoms with van der Waals surface area (Å²) >= 11 is 0. The number of hydrogen-bond donors (Lipinski definition) is 1. The van der Waals surface area contributed by atoms with Gasteiger partial charge in [-0.1, -0.05) is 60.7 Å². The van der Waals surface area contributed by atoms with Crippen molar-refractivity contribution in [2.24, 2.45) is 0 Å². The molecule has 34 heavy (non-hydrogen) atoms. The van der Waals surface area contributed by atoms with Crippen molar-refractivity contribution in [1.29, 1.82) is 0 Å². The van der Waals surface area contributed by atoms with Crippen LogP contribution in [-0.2, 0) is 29.2 Å². The Bertz CT molecular complexity index is 1200. The molecule has 0 aliphatic heterocycles. The molecule has 1 unspecified atom stereocenters. The number of amides is 1. The first-order valence-corrected chi connectivity index (χ1v) is 11.3. The minimum Gasteiger partial charge on any atom is -0.497 e. The summed E-state index contributed by atoms with van der Waals surface area (Å²) < 4.78 is 12.9. The normalized spacial score (nSPS) is 11.7. The molecule has 6 nitrogen and oxygen atoms in total. The Hall–Kier alpha value is -3.90. The van der Waals surface area contributed by atoms with Gasteiger partial charge in [-0.25, -0.2) is 0 Å². The second kappa shape index (κ2) is 11.3. The molecule has 0 saturated carbocycles. The molecule has 1 heterocycles. The van der Waals surface area contributed by atoms with Crippen LogP contribution in [0.1, 0.15) is 23.6 Å². The van der Waals surface area contributed by atoms with E-state index in [1.54, 1.807) is 20.2 Å². The summed E-state index contributed by atoms with van der Waals surface area (Å²) in [6, 6.07) is 26.1. The fourth-order valence-electron chi connectivity index (χ4n) is 3.71. The van der Waals surface area contributed by atoms with Crippen molar-refractivity contribution in [3.05, 3.63) is 108 Å². The molecule has 1 atom stereocenters. The molecule has 174 valence electrons. The Labute approximate surface area is 200 Å². The number of ether oxygens (including phenoxy) is 2. The largest absolute Gasteiger partial charge is 0.497 e. The van der Waals surface area contributed by atoms with E-state index in [0.717, 1.165) is 34.5 Å². The molecule has 1 amide bonds. The van der Waals surface area contributed by atoms with Crippen LogP contribution in [0.15, 0.2) is 91.3 Å². The second-order valence-corrected chi connectivity index (χ2v) is 8.08. The van der Waals surface area contributed by atoms with Gasteiger partial charge < -0.3 is 14.8 Å². The maximum atomic E-state index is 12.6. The smallest absolute Gasteiger partial charge is 0.249 e. The Morgan fingerprint density at radius 3 is 2.59 bits per heavy atom. The third kappa shape index (κ3) is 6.11. The van der Waals surface area contributed by atoms with E-state index in [0.29, 0.717) is 13.2 Å². The van der Waals surface area contributed by atoms with E-state index in [2.05, 4.69) is 40.7 Å². The Balaban J connectivity index is 1.34. The van der Waals surface area contributed by atoms with Crippen LogP contribution in [0.25, 0.3) is 11.1 Å². The summed E-state index contributed by atoms with van der Waals surface area (Å²) in [6.45, 7) is 3.27. The van der Waals surface area contributed by atoms with Crippen LogP contribution in [0.5, 0.6) is 5.75 Å². The highest BCUT2D eigenvalue weighted by Gasteiger charge is 2.14. The summed E-state index contributed by atoms with van der Waals surface area (Å²) in [5.41, 5.74) is 5.39. The maximum Gasteiger partial charge on any atom is 0.249 e. The fourth-order valence-corrected chi connectivity index (χ4v) is 3.71. The summed E-state index contributed by atoms with van der Waals surface area (Å²) in [4.78, 5) is 12.6. The van der Waals surface area contributed by atoms with Gasteiger partial charge in [-0.2, -0.15) is 5.10 Å². The Morgan fingerprint density at radius 1 is 1.00 bits per heavy atom.